The minimum absolute atomic E-state index is 0.0686. The van der Waals surface area contributed by atoms with Gasteiger partial charge in [0.1, 0.15) is 0 Å². The molecule has 5 nitrogen and oxygen atoms in total. The number of carbonyl (C=O) groups excluding carboxylic acids is 2. The van der Waals surface area contributed by atoms with E-state index < -0.39 is 0 Å². The number of allylic oxidation sites excluding steroid dienone is 1. The zero-order valence-corrected chi connectivity index (χ0v) is 17.7. The van der Waals surface area contributed by atoms with Crippen LogP contribution in [0.25, 0.3) is 0 Å². The van der Waals surface area contributed by atoms with E-state index in [9.17, 15) is 14.9 Å². The van der Waals surface area contributed by atoms with Crippen molar-refractivity contribution in [3.8, 4) is 6.07 Å². The number of hydrogen-bond acceptors (Lipinski definition) is 4. The molecule has 1 atom stereocenters. The van der Waals surface area contributed by atoms with Crippen LogP contribution in [0.5, 0.6) is 0 Å². The van der Waals surface area contributed by atoms with Gasteiger partial charge in [0, 0.05) is 27.5 Å². The first-order valence-electron chi connectivity index (χ1n) is 8.34. The zero-order chi connectivity index (χ0) is 20.1. The number of nitriles is 1. The van der Waals surface area contributed by atoms with Gasteiger partial charge in [-0.15, -0.1) is 0 Å². The lowest BCUT2D eigenvalue weighted by Crippen LogP contribution is -2.31. The molecule has 0 bridgehead atoms. The highest BCUT2D eigenvalue weighted by Gasteiger charge is 2.30. The molecule has 3 rings (SSSR count). The Balaban J connectivity index is 1.74. The molecule has 2 amide bonds. The van der Waals surface area contributed by atoms with Gasteiger partial charge in [-0.1, -0.05) is 51.4 Å². The van der Waals surface area contributed by atoms with Crippen molar-refractivity contribution in [1.29, 1.82) is 5.26 Å². The maximum Gasteiger partial charge on any atom is 0.234 e. The molecule has 0 aliphatic carbocycles. The summed E-state index contributed by atoms with van der Waals surface area (Å²) >= 11 is 10.5. The lowest BCUT2D eigenvalue weighted by Gasteiger charge is -2.25. The van der Waals surface area contributed by atoms with Crippen LogP contribution in [-0.4, -0.2) is 17.6 Å². The molecule has 2 N–H and O–H groups in total. The third-order valence-corrected chi connectivity index (χ3v) is 5.86. The molecule has 0 saturated carbocycles. The van der Waals surface area contributed by atoms with Crippen LogP contribution in [0.4, 0.5) is 5.69 Å². The van der Waals surface area contributed by atoms with Crippen LogP contribution in [0.2, 0.25) is 5.02 Å². The maximum absolute atomic E-state index is 12.2. The summed E-state index contributed by atoms with van der Waals surface area (Å²) in [5, 5.41) is 16.1. The summed E-state index contributed by atoms with van der Waals surface area (Å²) in [4.78, 5) is 24.4. The number of nitrogens with zero attached hydrogens (tertiary/aromatic N) is 1. The SMILES string of the molecule is N#CC1=C(SCC(=O)Nc2ccc(Br)cc2)NC(=O)C[C@@H]1c1cccc(Cl)c1. The zero-order valence-electron chi connectivity index (χ0n) is 14.5. The van der Waals surface area contributed by atoms with E-state index in [0.717, 1.165) is 21.8 Å². The predicted octanol–water partition coefficient (Wildman–Crippen LogP) is 4.81. The number of halogens is 2. The monoisotopic (exact) mass is 475 g/mol. The number of thioether (sulfide) groups is 1. The van der Waals surface area contributed by atoms with Gasteiger partial charge in [0.2, 0.25) is 11.8 Å². The quantitative estimate of drug-likeness (QED) is 0.648. The second kappa shape index (κ2) is 9.28. The second-order valence-electron chi connectivity index (χ2n) is 6.06. The molecule has 8 heteroatoms. The molecule has 1 aliphatic rings. The summed E-state index contributed by atoms with van der Waals surface area (Å²) in [7, 11) is 0. The lowest BCUT2D eigenvalue weighted by molar-refractivity contribution is -0.121. The predicted molar refractivity (Wildman–Crippen MR) is 115 cm³/mol. The van der Waals surface area contributed by atoms with E-state index in [0.29, 0.717) is 21.3 Å². The van der Waals surface area contributed by atoms with Gasteiger partial charge in [0.25, 0.3) is 0 Å². The van der Waals surface area contributed by atoms with Crippen LogP contribution < -0.4 is 10.6 Å². The van der Waals surface area contributed by atoms with Crippen molar-refractivity contribution >= 4 is 56.8 Å². The molecule has 0 aromatic heterocycles. The Hall–Kier alpha value is -2.27. The average molecular weight is 477 g/mol. The van der Waals surface area contributed by atoms with E-state index in [1.165, 1.54) is 0 Å². The van der Waals surface area contributed by atoms with E-state index >= 15 is 0 Å². The van der Waals surface area contributed by atoms with Crippen LogP contribution in [0.15, 0.2) is 63.6 Å². The van der Waals surface area contributed by atoms with Crippen molar-refractivity contribution in [3.05, 3.63) is 74.2 Å². The summed E-state index contributed by atoms with van der Waals surface area (Å²) in [6.45, 7) is 0. The van der Waals surface area contributed by atoms with Gasteiger partial charge in [-0.2, -0.15) is 5.26 Å². The normalized spacial score (nSPS) is 16.3. The topological polar surface area (TPSA) is 82.0 Å². The van der Waals surface area contributed by atoms with E-state index in [1.807, 2.05) is 18.2 Å². The van der Waals surface area contributed by atoms with Crippen LogP contribution in [0.3, 0.4) is 0 Å². The van der Waals surface area contributed by atoms with Gasteiger partial charge in [0.15, 0.2) is 0 Å². The average Bonchev–Trinajstić information content (AvgIpc) is 2.67. The molecule has 0 radical (unpaired) electrons. The molecule has 2 aromatic carbocycles. The fourth-order valence-electron chi connectivity index (χ4n) is 2.81. The van der Waals surface area contributed by atoms with E-state index in [1.54, 1.807) is 30.3 Å². The Labute approximate surface area is 180 Å². The Bertz CT molecular complexity index is 986. The number of benzene rings is 2. The van der Waals surface area contributed by atoms with Crippen molar-refractivity contribution in [1.82, 2.24) is 5.32 Å². The maximum atomic E-state index is 12.2. The molecule has 1 heterocycles. The number of amides is 2. The first kappa shape index (κ1) is 20.5. The fourth-order valence-corrected chi connectivity index (χ4v) is 4.15. The highest BCUT2D eigenvalue weighted by atomic mass is 79.9. The number of rotatable bonds is 5. The minimum atomic E-state index is -0.380. The summed E-state index contributed by atoms with van der Waals surface area (Å²) < 4.78 is 0.917. The van der Waals surface area contributed by atoms with Gasteiger partial charge in [-0.25, -0.2) is 0 Å². The van der Waals surface area contributed by atoms with Crippen LogP contribution in [0, 0.1) is 11.3 Å². The van der Waals surface area contributed by atoms with Gasteiger partial charge in [0.05, 0.1) is 22.4 Å². The van der Waals surface area contributed by atoms with Gasteiger partial charge in [-0.3, -0.25) is 9.59 Å². The molecule has 0 spiro atoms. The Morgan fingerprint density at radius 2 is 2.07 bits per heavy atom. The Kier molecular flexibility index (Phi) is 6.79. The molecule has 0 saturated heterocycles. The molecule has 0 fully saturated rings. The highest BCUT2D eigenvalue weighted by Crippen LogP contribution is 2.36. The molecule has 0 unspecified atom stereocenters. The summed E-state index contributed by atoms with van der Waals surface area (Å²) in [5.74, 6) is -0.732. The molecular formula is C20H15BrClN3O2S. The van der Waals surface area contributed by atoms with Crippen molar-refractivity contribution in [3.63, 3.8) is 0 Å². The highest BCUT2D eigenvalue weighted by molar-refractivity contribution is 9.10. The Morgan fingerprint density at radius 3 is 2.75 bits per heavy atom. The number of anilines is 1. The number of nitrogens with one attached hydrogen (secondary N) is 2. The van der Waals surface area contributed by atoms with Gasteiger partial charge >= 0.3 is 0 Å². The molecule has 142 valence electrons. The van der Waals surface area contributed by atoms with Crippen LogP contribution >= 0.6 is 39.3 Å². The Morgan fingerprint density at radius 1 is 1.32 bits per heavy atom. The van der Waals surface area contributed by atoms with E-state index in [2.05, 4.69) is 32.6 Å². The van der Waals surface area contributed by atoms with Crippen molar-refractivity contribution < 1.29 is 9.59 Å². The summed E-state index contributed by atoms with van der Waals surface area (Å²) in [5.41, 5.74) is 1.91. The summed E-state index contributed by atoms with van der Waals surface area (Å²) in [6.07, 6.45) is 0.165. The first-order valence-corrected chi connectivity index (χ1v) is 10.5. The fraction of sp³-hybridized carbons (Fsp3) is 0.150. The number of carbonyl (C=O) groups is 2. The second-order valence-corrected chi connectivity index (χ2v) is 8.40. The van der Waals surface area contributed by atoms with Crippen molar-refractivity contribution in [2.75, 3.05) is 11.1 Å². The largest absolute Gasteiger partial charge is 0.325 e. The van der Waals surface area contributed by atoms with Crippen LogP contribution in [0.1, 0.15) is 17.9 Å². The third kappa shape index (κ3) is 5.16. The standard InChI is InChI=1S/C20H15BrClN3O2S/c21-13-4-6-15(7-5-13)24-19(27)11-28-20-17(10-23)16(9-18(26)25-20)12-2-1-3-14(22)8-12/h1-8,16H,9,11H2,(H,24,27)(H,25,26)/t16-/m1/s1. The van der Waals surface area contributed by atoms with Gasteiger partial charge in [-0.05, 0) is 42.0 Å². The molecule has 2 aromatic rings. The smallest absolute Gasteiger partial charge is 0.234 e. The van der Waals surface area contributed by atoms with Crippen molar-refractivity contribution in [2.45, 2.75) is 12.3 Å². The van der Waals surface area contributed by atoms with E-state index in [4.69, 9.17) is 11.6 Å². The van der Waals surface area contributed by atoms with E-state index in [-0.39, 0.29) is 29.9 Å². The van der Waals surface area contributed by atoms with Crippen molar-refractivity contribution in [2.24, 2.45) is 0 Å². The summed E-state index contributed by atoms with van der Waals surface area (Å²) in [6, 6.07) is 16.5. The number of hydrogen-bond donors (Lipinski definition) is 2. The minimum Gasteiger partial charge on any atom is -0.325 e. The van der Waals surface area contributed by atoms with Gasteiger partial charge < -0.3 is 10.6 Å². The third-order valence-electron chi connectivity index (χ3n) is 4.08. The lowest BCUT2D eigenvalue weighted by atomic mass is 9.87. The first-order chi connectivity index (χ1) is 13.5. The molecule has 1 aliphatic heterocycles. The van der Waals surface area contributed by atoms with Crippen LogP contribution in [-0.2, 0) is 9.59 Å². The molecular weight excluding hydrogens is 462 g/mol. The molecule has 28 heavy (non-hydrogen) atoms.